The molecule has 1 aliphatic heterocycles. The van der Waals surface area contributed by atoms with Crippen LogP contribution in [0.25, 0.3) is 10.8 Å². The van der Waals surface area contributed by atoms with Crippen LogP contribution in [0.2, 0.25) is 0 Å². The van der Waals surface area contributed by atoms with E-state index in [0.29, 0.717) is 16.5 Å². The van der Waals surface area contributed by atoms with Crippen LogP contribution in [0.1, 0.15) is 31.1 Å². The third kappa shape index (κ3) is 2.59. The van der Waals surface area contributed by atoms with Gasteiger partial charge in [0.25, 0.3) is 11.8 Å². The molecule has 0 unspecified atom stereocenters. The average Bonchev–Trinajstić information content (AvgIpc) is 2.59. The van der Waals surface area contributed by atoms with Crippen molar-refractivity contribution in [2.24, 2.45) is 0 Å². The number of carboxylic acid groups (broad SMARTS) is 1. The second kappa shape index (κ2) is 6.57. The number of phenols is 1. The summed E-state index contributed by atoms with van der Waals surface area (Å²) < 4.78 is 0. The van der Waals surface area contributed by atoms with Crippen LogP contribution in [0.15, 0.2) is 54.6 Å². The molecule has 122 valence electrons. The number of rotatable bonds is 2. The van der Waals surface area contributed by atoms with Gasteiger partial charge in [-0.05, 0) is 29.7 Å². The van der Waals surface area contributed by atoms with E-state index in [4.69, 9.17) is 0 Å². The van der Waals surface area contributed by atoms with Gasteiger partial charge in [-0.25, -0.2) is 4.90 Å². The van der Waals surface area contributed by atoms with Crippen LogP contribution < -0.4 is 39.6 Å². The number of hydrogen-bond donors (Lipinski definition) is 1. The van der Waals surface area contributed by atoms with Gasteiger partial charge in [0.1, 0.15) is 5.75 Å². The number of carbonyl (C=O) groups is 3. The van der Waals surface area contributed by atoms with Crippen molar-refractivity contribution in [2.75, 3.05) is 4.90 Å². The van der Waals surface area contributed by atoms with Crippen LogP contribution in [0.5, 0.6) is 5.75 Å². The number of benzene rings is 3. The van der Waals surface area contributed by atoms with E-state index in [2.05, 4.69) is 0 Å². The number of nitrogens with zero attached hydrogens (tertiary/aromatic N) is 1. The molecule has 1 heterocycles. The Morgan fingerprint density at radius 1 is 0.923 bits per heavy atom. The Hall–Kier alpha value is -2.67. The molecule has 0 fully saturated rings. The molecule has 1 aliphatic rings. The predicted octanol–water partition coefficient (Wildman–Crippen LogP) is -1.29. The first kappa shape index (κ1) is 18.1. The maximum Gasteiger partial charge on any atom is 1.00 e. The van der Waals surface area contributed by atoms with Crippen molar-refractivity contribution >= 4 is 34.2 Å². The maximum atomic E-state index is 12.8. The molecule has 0 saturated carbocycles. The first-order valence-corrected chi connectivity index (χ1v) is 7.44. The molecular weight excluding hydrogens is 345 g/mol. The summed E-state index contributed by atoms with van der Waals surface area (Å²) >= 11 is 0. The van der Waals surface area contributed by atoms with Gasteiger partial charge >= 0.3 is 29.6 Å². The van der Waals surface area contributed by atoms with Crippen molar-refractivity contribution in [3.8, 4) is 5.75 Å². The molecule has 0 atom stereocenters. The fourth-order valence-corrected chi connectivity index (χ4v) is 3.10. The van der Waals surface area contributed by atoms with Crippen molar-refractivity contribution in [1.29, 1.82) is 0 Å². The molecule has 26 heavy (non-hydrogen) atoms. The normalized spacial score (nSPS) is 12.8. The molecule has 6 nitrogen and oxygen atoms in total. The summed E-state index contributed by atoms with van der Waals surface area (Å²) in [5, 5.41) is 22.1. The van der Waals surface area contributed by atoms with Crippen LogP contribution in [0, 0.1) is 0 Å². The third-order valence-electron chi connectivity index (χ3n) is 4.23. The van der Waals surface area contributed by atoms with Gasteiger partial charge in [-0.3, -0.25) is 9.59 Å². The summed E-state index contributed by atoms with van der Waals surface area (Å²) in [7, 11) is 0. The van der Waals surface area contributed by atoms with E-state index in [0.717, 1.165) is 22.4 Å². The van der Waals surface area contributed by atoms with E-state index in [1.165, 1.54) is 6.07 Å². The monoisotopic (exact) mass is 355 g/mol. The second-order valence-electron chi connectivity index (χ2n) is 5.64. The zero-order valence-corrected chi connectivity index (χ0v) is 15.7. The Labute approximate surface area is 170 Å². The Bertz CT molecular complexity index is 1040. The molecule has 0 radical (unpaired) electrons. The smallest absolute Gasteiger partial charge is 0.545 e. The number of imide groups is 1. The molecular formula is C19H10NNaO5. The quantitative estimate of drug-likeness (QED) is 0.456. The van der Waals surface area contributed by atoms with Gasteiger partial charge in [-0.1, -0.05) is 24.3 Å². The number of carbonyl (C=O) groups excluding carboxylic acids is 3. The summed E-state index contributed by atoms with van der Waals surface area (Å²) in [6.07, 6.45) is 0. The van der Waals surface area contributed by atoms with Gasteiger partial charge in [-0.15, -0.1) is 0 Å². The molecule has 1 N–H and O–H groups in total. The zero-order valence-electron chi connectivity index (χ0n) is 13.7. The number of hydrogen-bond acceptors (Lipinski definition) is 5. The number of aromatic carboxylic acids is 1. The molecule has 3 aromatic carbocycles. The summed E-state index contributed by atoms with van der Waals surface area (Å²) in [6, 6.07) is 13.8. The van der Waals surface area contributed by atoms with Gasteiger partial charge in [0, 0.05) is 28.1 Å². The van der Waals surface area contributed by atoms with Gasteiger partial charge in [0.2, 0.25) is 0 Å². The topological polar surface area (TPSA) is 97.7 Å². The van der Waals surface area contributed by atoms with E-state index in [1.54, 1.807) is 24.3 Å². The molecule has 0 aromatic heterocycles. The van der Waals surface area contributed by atoms with Crippen molar-refractivity contribution in [3.63, 3.8) is 0 Å². The first-order valence-electron chi connectivity index (χ1n) is 7.44. The van der Waals surface area contributed by atoms with Crippen LogP contribution in [-0.4, -0.2) is 22.9 Å². The molecule has 7 heteroatoms. The van der Waals surface area contributed by atoms with Crippen LogP contribution in [0.4, 0.5) is 5.69 Å². The summed E-state index contributed by atoms with van der Waals surface area (Å²) in [5.41, 5.74) is 0.416. The maximum absolute atomic E-state index is 12.8. The number of anilines is 1. The molecule has 3 aromatic rings. The number of aromatic hydroxyl groups is 1. The number of carboxylic acids is 1. The fraction of sp³-hybridized carbons (Fsp3) is 0. The van der Waals surface area contributed by atoms with Crippen molar-refractivity contribution in [1.82, 2.24) is 0 Å². The van der Waals surface area contributed by atoms with Gasteiger partial charge in [-0.2, -0.15) is 0 Å². The van der Waals surface area contributed by atoms with Gasteiger partial charge in [0.05, 0.1) is 11.7 Å². The fourth-order valence-electron chi connectivity index (χ4n) is 3.10. The van der Waals surface area contributed by atoms with Crippen LogP contribution >= 0.6 is 0 Å². The van der Waals surface area contributed by atoms with E-state index < -0.39 is 29.1 Å². The molecule has 0 spiro atoms. The van der Waals surface area contributed by atoms with E-state index >= 15 is 0 Å². The standard InChI is InChI=1S/C19H11NO5.Na/c21-15-9-11(7-8-12(15)19(24)25)20-17(22)13-5-1-3-10-4-2-6-14(16(10)13)18(20)23;/h1-9,21H,(H,24,25);/q;+1/p-1. The van der Waals surface area contributed by atoms with E-state index in [-0.39, 0.29) is 35.2 Å². The van der Waals surface area contributed by atoms with Crippen LogP contribution in [0.3, 0.4) is 0 Å². The average molecular weight is 355 g/mol. The Morgan fingerprint density at radius 3 is 2.00 bits per heavy atom. The molecule has 0 saturated heterocycles. The Morgan fingerprint density at radius 2 is 1.50 bits per heavy atom. The minimum absolute atomic E-state index is 0. The largest absolute Gasteiger partial charge is 1.00 e. The molecule has 0 aliphatic carbocycles. The second-order valence-corrected chi connectivity index (χ2v) is 5.64. The van der Waals surface area contributed by atoms with E-state index in [9.17, 15) is 24.6 Å². The Kier molecular flexibility index (Phi) is 4.58. The molecule has 0 bridgehead atoms. The summed E-state index contributed by atoms with van der Waals surface area (Å²) in [6.45, 7) is 0. The SMILES string of the molecule is O=C([O-])c1ccc(N2C(=O)c3cccc4cccc(c34)C2=O)cc1O.[Na+]. The zero-order chi connectivity index (χ0) is 17.7. The minimum atomic E-state index is -1.55. The molecule has 2 amide bonds. The van der Waals surface area contributed by atoms with Crippen molar-refractivity contribution in [3.05, 3.63) is 71.3 Å². The predicted molar refractivity (Wildman–Crippen MR) is 87.5 cm³/mol. The first-order chi connectivity index (χ1) is 12.0. The summed E-state index contributed by atoms with van der Waals surface area (Å²) in [4.78, 5) is 37.5. The summed E-state index contributed by atoms with van der Waals surface area (Å²) in [5.74, 6) is -3.18. The van der Waals surface area contributed by atoms with Crippen LogP contribution in [-0.2, 0) is 0 Å². The minimum Gasteiger partial charge on any atom is -0.545 e. The van der Waals surface area contributed by atoms with Crippen molar-refractivity contribution in [2.45, 2.75) is 0 Å². The molecule has 4 rings (SSSR count). The van der Waals surface area contributed by atoms with E-state index in [1.807, 2.05) is 12.1 Å². The van der Waals surface area contributed by atoms with Crippen molar-refractivity contribution < 1.29 is 54.2 Å². The number of amides is 2. The van der Waals surface area contributed by atoms with Gasteiger partial charge in [0.15, 0.2) is 0 Å². The third-order valence-corrected chi connectivity index (χ3v) is 4.23. The van der Waals surface area contributed by atoms with Gasteiger partial charge < -0.3 is 15.0 Å². The Balaban J connectivity index is 0.00000196.